The maximum atomic E-state index is 14.1. The van der Waals surface area contributed by atoms with Crippen LogP contribution in [0.5, 0.6) is 0 Å². The molecule has 0 bridgehead atoms. The minimum atomic E-state index is -0.583. The number of halogens is 2. The van der Waals surface area contributed by atoms with Gasteiger partial charge < -0.3 is 19.6 Å². The fraction of sp³-hybridized carbons (Fsp3) is 0.350. The normalized spacial score (nSPS) is 21.7. The molecule has 2 aromatic heterocycles. The topological polar surface area (TPSA) is 55.0 Å². The van der Waals surface area contributed by atoms with E-state index in [1.807, 2.05) is 12.3 Å². The van der Waals surface area contributed by atoms with E-state index < -0.39 is 11.6 Å². The van der Waals surface area contributed by atoms with Crippen LogP contribution in [-0.4, -0.2) is 22.1 Å². The van der Waals surface area contributed by atoms with Crippen molar-refractivity contribution in [2.24, 2.45) is 0 Å². The number of nitrogens with one attached hydrogen (secondary N) is 2. The van der Waals surface area contributed by atoms with Crippen molar-refractivity contribution in [3.8, 4) is 11.3 Å². The summed E-state index contributed by atoms with van der Waals surface area (Å²) in [5.41, 5.74) is 2.11. The SMILES string of the molecule is Fc1ccc(-c2cn3c(n2)CCC(NC2CNCc4occc42)C3)c(F)c1. The average Bonchev–Trinajstić information content (AvgIpc) is 3.28. The van der Waals surface area contributed by atoms with Gasteiger partial charge in [0.15, 0.2) is 0 Å². The molecule has 0 fully saturated rings. The van der Waals surface area contributed by atoms with Crippen LogP contribution in [0.15, 0.2) is 41.1 Å². The number of benzene rings is 1. The summed E-state index contributed by atoms with van der Waals surface area (Å²) in [6.45, 7) is 2.41. The van der Waals surface area contributed by atoms with Crippen molar-refractivity contribution >= 4 is 0 Å². The lowest BCUT2D eigenvalue weighted by Gasteiger charge is -2.31. The van der Waals surface area contributed by atoms with E-state index in [4.69, 9.17) is 4.42 Å². The number of aryl methyl sites for hydroxylation is 1. The molecule has 3 aromatic rings. The zero-order valence-electron chi connectivity index (χ0n) is 14.7. The Kier molecular flexibility index (Phi) is 4.06. The van der Waals surface area contributed by atoms with Gasteiger partial charge in [-0.2, -0.15) is 0 Å². The Hall–Kier alpha value is -2.51. The molecule has 2 atom stereocenters. The molecule has 2 unspecified atom stereocenters. The van der Waals surface area contributed by atoms with Gasteiger partial charge >= 0.3 is 0 Å². The highest BCUT2D eigenvalue weighted by molar-refractivity contribution is 5.59. The zero-order valence-corrected chi connectivity index (χ0v) is 14.7. The smallest absolute Gasteiger partial charge is 0.135 e. The van der Waals surface area contributed by atoms with E-state index >= 15 is 0 Å². The number of hydrogen-bond acceptors (Lipinski definition) is 4. The first-order valence-electron chi connectivity index (χ1n) is 9.22. The maximum absolute atomic E-state index is 14.1. The number of rotatable bonds is 3. The van der Waals surface area contributed by atoms with E-state index in [-0.39, 0.29) is 6.04 Å². The highest BCUT2D eigenvalue weighted by Crippen LogP contribution is 2.28. The quantitative estimate of drug-likeness (QED) is 0.744. The molecule has 7 heteroatoms. The Morgan fingerprint density at radius 3 is 3.07 bits per heavy atom. The third kappa shape index (κ3) is 3.07. The van der Waals surface area contributed by atoms with Gasteiger partial charge in [0, 0.05) is 55.0 Å². The number of furan rings is 1. The number of nitrogens with zero attached hydrogens (tertiary/aromatic N) is 2. The third-order valence-electron chi connectivity index (χ3n) is 5.43. The van der Waals surface area contributed by atoms with Crippen molar-refractivity contribution < 1.29 is 13.2 Å². The van der Waals surface area contributed by atoms with Crippen LogP contribution in [0.2, 0.25) is 0 Å². The summed E-state index contributed by atoms with van der Waals surface area (Å²) in [4.78, 5) is 4.57. The summed E-state index contributed by atoms with van der Waals surface area (Å²) in [6.07, 6.45) is 5.39. The van der Waals surface area contributed by atoms with Crippen molar-refractivity contribution in [1.82, 2.24) is 20.2 Å². The van der Waals surface area contributed by atoms with Gasteiger partial charge in [-0.15, -0.1) is 0 Å². The van der Waals surface area contributed by atoms with E-state index in [2.05, 4.69) is 20.2 Å². The first-order chi connectivity index (χ1) is 13.2. The molecule has 4 heterocycles. The number of imidazole rings is 1. The van der Waals surface area contributed by atoms with Crippen LogP contribution in [0.4, 0.5) is 8.78 Å². The van der Waals surface area contributed by atoms with E-state index in [0.717, 1.165) is 50.1 Å². The molecule has 5 rings (SSSR count). The van der Waals surface area contributed by atoms with Gasteiger partial charge in [0.05, 0.1) is 18.5 Å². The predicted octanol–water partition coefficient (Wildman–Crippen LogP) is 3.17. The Balaban J connectivity index is 1.34. The molecule has 0 saturated carbocycles. The van der Waals surface area contributed by atoms with Gasteiger partial charge in [0.1, 0.15) is 23.2 Å². The molecule has 0 aliphatic carbocycles. The molecule has 0 spiro atoms. The average molecular weight is 370 g/mol. The van der Waals surface area contributed by atoms with Crippen LogP contribution in [-0.2, 0) is 19.5 Å². The van der Waals surface area contributed by atoms with Crippen molar-refractivity contribution in [3.63, 3.8) is 0 Å². The van der Waals surface area contributed by atoms with Crippen LogP contribution in [0.1, 0.15) is 29.6 Å². The molecular weight excluding hydrogens is 350 g/mol. The fourth-order valence-electron chi connectivity index (χ4n) is 4.08. The first kappa shape index (κ1) is 16.6. The summed E-state index contributed by atoms with van der Waals surface area (Å²) in [6, 6.07) is 6.16. The van der Waals surface area contributed by atoms with Gasteiger partial charge in [0.25, 0.3) is 0 Å². The Morgan fingerprint density at radius 1 is 1.26 bits per heavy atom. The molecule has 0 saturated heterocycles. The fourth-order valence-corrected chi connectivity index (χ4v) is 4.08. The molecule has 0 amide bonds. The molecule has 2 N–H and O–H groups in total. The van der Waals surface area contributed by atoms with E-state index in [1.54, 1.807) is 6.26 Å². The van der Waals surface area contributed by atoms with Crippen molar-refractivity contribution in [3.05, 3.63) is 65.5 Å². The van der Waals surface area contributed by atoms with Crippen LogP contribution >= 0.6 is 0 Å². The molecular formula is C20H20F2N4O. The van der Waals surface area contributed by atoms with Gasteiger partial charge in [-0.25, -0.2) is 13.8 Å². The van der Waals surface area contributed by atoms with Crippen molar-refractivity contribution in [2.45, 2.75) is 38.0 Å². The summed E-state index contributed by atoms with van der Waals surface area (Å²) >= 11 is 0. The van der Waals surface area contributed by atoms with Gasteiger partial charge in [-0.1, -0.05) is 0 Å². The van der Waals surface area contributed by atoms with Gasteiger partial charge in [0.2, 0.25) is 0 Å². The van der Waals surface area contributed by atoms with Crippen LogP contribution in [0.3, 0.4) is 0 Å². The second kappa shape index (κ2) is 6.58. The third-order valence-corrected chi connectivity index (χ3v) is 5.43. The lowest BCUT2D eigenvalue weighted by molar-refractivity contribution is 0.318. The van der Waals surface area contributed by atoms with E-state index in [1.165, 1.54) is 17.7 Å². The molecule has 1 aromatic carbocycles. The highest BCUT2D eigenvalue weighted by Gasteiger charge is 2.27. The van der Waals surface area contributed by atoms with Gasteiger partial charge in [-0.05, 0) is 24.6 Å². The van der Waals surface area contributed by atoms with Crippen LogP contribution in [0.25, 0.3) is 11.3 Å². The number of fused-ring (bicyclic) bond motifs is 2. The van der Waals surface area contributed by atoms with E-state index in [0.29, 0.717) is 17.3 Å². The molecule has 5 nitrogen and oxygen atoms in total. The Morgan fingerprint density at radius 2 is 2.19 bits per heavy atom. The standard InChI is InChI=1S/C20H20F2N4O/c21-12-1-3-14(16(22)7-12)18-11-26-10-13(2-4-20(26)25-18)24-17-8-23-9-19-15(17)5-6-27-19/h1,3,5-7,11,13,17,23-24H,2,4,8-10H2. The lowest BCUT2D eigenvalue weighted by Crippen LogP contribution is -2.44. The Labute approximate surface area is 155 Å². The second-order valence-electron chi connectivity index (χ2n) is 7.20. The molecule has 27 heavy (non-hydrogen) atoms. The minimum absolute atomic E-state index is 0.219. The van der Waals surface area contributed by atoms with E-state index in [9.17, 15) is 8.78 Å². The first-order valence-corrected chi connectivity index (χ1v) is 9.22. The summed E-state index contributed by atoms with van der Waals surface area (Å²) in [5.74, 6) is 0.773. The van der Waals surface area contributed by atoms with Crippen LogP contribution < -0.4 is 10.6 Å². The zero-order chi connectivity index (χ0) is 18.4. The minimum Gasteiger partial charge on any atom is -0.468 e. The summed E-state index contributed by atoms with van der Waals surface area (Å²) in [7, 11) is 0. The van der Waals surface area contributed by atoms with Crippen molar-refractivity contribution in [1.29, 1.82) is 0 Å². The molecule has 0 radical (unpaired) electrons. The second-order valence-corrected chi connectivity index (χ2v) is 7.20. The summed E-state index contributed by atoms with van der Waals surface area (Å²) < 4.78 is 34.8. The van der Waals surface area contributed by atoms with Gasteiger partial charge in [-0.3, -0.25) is 0 Å². The summed E-state index contributed by atoms with van der Waals surface area (Å²) in [5, 5.41) is 7.09. The number of hydrogen-bond donors (Lipinski definition) is 2. The molecule has 2 aliphatic rings. The molecule has 2 aliphatic heterocycles. The number of aromatic nitrogens is 2. The predicted molar refractivity (Wildman–Crippen MR) is 96.0 cm³/mol. The largest absolute Gasteiger partial charge is 0.468 e. The lowest BCUT2D eigenvalue weighted by atomic mass is 10.0. The highest BCUT2D eigenvalue weighted by atomic mass is 19.1. The Bertz CT molecular complexity index is 980. The monoisotopic (exact) mass is 370 g/mol. The van der Waals surface area contributed by atoms with Crippen LogP contribution in [0, 0.1) is 11.6 Å². The van der Waals surface area contributed by atoms with Crippen molar-refractivity contribution in [2.75, 3.05) is 6.54 Å². The maximum Gasteiger partial charge on any atom is 0.135 e. The molecule has 140 valence electrons.